The molecule has 0 unspecified atom stereocenters. The van der Waals surface area contributed by atoms with Crippen LogP contribution in [0, 0.1) is 5.92 Å². The quantitative estimate of drug-likeness (QED) is 0.804. The zero-order valence-corrected chi connectivity index (χ0v) is 14.3. The van der Waals surface area contributed by atoms with Crippen LogP contribution in [0.4, 0.5) is 11.4 Å². The molecule has 1 aliphatic carbocycles. The van der Waals surface area contributed by atoms with E-state index in [2.05, 4.69) is 17.6 Å². The van der Waals surface area contributed by atoms with Crippen molar-refractivity contribution >= 4 is 23.2 Å². The molecule has 1 aliphatic rings. The molecule has 2 amide bonds. The largest absolute Gasteiger partial charge is 0.375 e. The van der Waals surface area contributed by atoms with Crippen LogP contribution < -0.4 is 10.6 Å². The summed E-state index contributed by atoms with van der Waals surface area (Å²) in [5.41, 5.74) is 1.23. The zero-order valence-electron chi connectivity index (χ0n) is 14.3. The highest BCUT2D eigenvalue weighted by molar-refractivity contribution is 5.94. The number of nitrogens with one attached hydrogen (secondary N) is 2. The van der Waals surface area contributed by atoms with Crippen molar-refractivity contribution in [3.05, 3.63) is 24.3 Å². The fourth-order valence-corrected chi connectivity index (χ4v) is 2.91. The van der Waals surface area contributed by atoms with Gasteiger partial charge in [-0.25, -0.2) is 0 Å². The van der Waals surface area contributed by atoms with E-state index in [0.717, 1.165) is 12.8 Å². The van der Waals surface area contributed by atoms with Crippen molar-refractivity contribution in [3.63, 3.8) is 0 Å². The molecular formula is C18H26N2O4. The second kappa shape index (κ2) is 9.39. The van der Waals surface area contributed by atoms with E-state index < -0.39 is 0 Å². The molecular weight excluding hydrogens is 308 g/mol. The maximum absolute atomic E-state index is 12.1. The van der Waals surface area contributed by atoms with Gasteiger partial charge in [-0.2, -0.15) is 0 Å². The van der Waals surface area contributed by atoms with Crippen LogP contribution in [0.3, 0.4) is 0 Å². The summed E-state index contributed by atoms with van der Waals surface area (Å²) in [4.78, 5) is 23.6. The molecule has 6 heteroatoms. The normalized spacial score (nSPS) is 20.4. The molecule has 0 heterocycles. The van der Waals surface area contributed by atoms with Gasteiger partial charge in [-0.05, 0) is 37.0 Å². The molecule has 1 aromatic carbocycles. The summed E-state index contributed by atoms with van der Waals surface area (Å²) in [5, 5.41) is 5.49. The van der Waals surface area contributed by atoms with E-state index in [1.807, 2.05) is 0 Å². The summed E-state index contributed by atoms with van der Waals surface area (Å²) >= 11 is 0. The number of carbonyl (C=O) groups is 2. The summed E-state index contributed by atoms with van der Waals surface area (Å²) in [6.07, 6.45) is 4.77. The van der Waals surface area contributed by atoms with E-state index in [9.17, 15) is 9.59 Å². The second-order valence-corrected chi connectivity index (χ2v) is 6.22. The molecule has 6 nitrogen and oxygen atoms in total. The van der Waals surface area contributed by atoms with E-state index in [1.165, 1.54) is 20.0 Å². The fourth-order valence-electron chi connectivity index (χ4n) is 2.91. The Hall–Kier alpha value is -1.92. The molecule has 2 rings (SSSR count). The Balaban J connectivity index is 1.81. The highest BCUT2D eigenvalue weighted by atomic mass is 16.5. The van der Waals surface area contributed by atoms with Gasteiger partial charge in [-0.3, -0.25) is 9.59 Å². The van der Waals surface area contributed by atoms with Gasteiger partial charge in [0, 0.05) is 18.5 Å². The summed E-state index contributed by atoms with van der Waals surface area (Å²) in [6, 6.07) is 6.99. The molecule has 0 aromatic heterocycles. The van der Waals surface area contributed by atoms with Crippen LogP contribution in [-0.4, -0.2) is 38.2 Å². The van der Waals surface area contributed by atoms with Gasteiger partial charge in [-0.15, -0.1) is 0 Å². The second-order valence-electron chi connectivity index (χ2n) is 6.22. The smallest absolute Gasteiger partial charge is 0.250 e. The molecule has 1 fully saturated rings. The topological polar surface area (TPSA) is 76.7 Å². The maximum Gasteiger partial charge on any atom is 0.250 e. The molecule has 0 bridgehead atoms. The lowest BCUT2D eigenvalue weighted by atomic mass is 9.88. The van der Waals surface area contributed by atoms with E-state index in [-0.39, 0.29) is 31.1 Å². The molecule has 2 atom stereocenters. The Morgan fingerprint density at radius 3 is 2.33 bits per heavy atom. The first kappa shape index (κ1) is 18.4. The summed E-state index contributed by atoms with van der Waals surface area (Å²) in [7, 11) is 1.46. The van der Waals surface area contributed by atoms with E-state index in [0.29, 0.717) is 17.3 Å². The number of anilines is 2. The van der Waals surface area contributed by atoms with Crippen molar-refractivity contribution in [2.75, 3.05) is 31.0 Å². The predicted octanol–water partition coefficient (Wildman–Crippen LogP) is 2.81. The molecule has 0 saturated heterocycles. The predicted molar refractivity (Wildman–Crippen MR) is 92.9 cm³/mol. The number of hydrogen-bond donors (Lipinski definition) is 2. The molecule has 2 N–H and O–H groups in total. The Morgan fingerprint density at radius 1 is 1.08 bits per heavy atom. The van der Waals surface area contributed by atoms with Crippen LogP contribution in [0.1, 0.15) is 32.6 Å². The lowest BCUT2D eigenvalue weighted by Gasteiger charge is -2.28. The Labute approximate surface area is 142 Å². The van der Waals surface area contributed by atoms with Gasteiger partial charge in [0.15, 0.2) is 0 Å². The molecule has 24 heavy (non-hydrogen) atoms. The van der Waals surface area contributed by atoms with Crippen molar-refractivity contribution in [3.8, 4) is 0 Å². The third-order valence-corrected chi connectivity index (χ3v) is 4.17. The van der Waals surface area contributed by atoms with E-state index in [4.69, 9.17) is 9.47 Å². The minimum atomic E-state index is -0.240. The van der Waals surface area contributed by atoms with Gasteiger partial charge >= 0.3 is 0 Å². The molecule has 0 spiro atoms. The average molecular weight is 334 g/mol. The molecule has 1 saturated carbocycles. The van der Waals surface area contributed by atoms with Gasteiger partial charge in [0.05, 0.1) is 6.10 Å². The number of ether oxygens (including phenoxy) is 2. The number of benzene rings is 1. The van der Waals surface area contributed by atoms with Gasteiger partial charge in [-0.1, -0.05) is 25.8 Å². The Bertz CT molecular complexity index is 562. The van der Waals surface area contributed by atoms with Gasteiger partial charge in [0.1, 0.15) is 13.2 Å². The lowest BCUT2D eigenvalue weighted by Crippen LogP contribution is -2.29. The summed E-state index contributed by atoms with van der Waals surface area (Å²) in [5.74, 6) is 0.0783. The van der Waals surface area contributed by atoms with Crippen LogP contribution in [0.15, 0.2) is 24.3 Å². The van der Waals surface area contributed by atoms with Crippen LogP contribution in [0.25, 0.3) is 0 Å². The minimum absolute atomic E-state index is 0.00992. The fraction of sp³-hybridized carbons (Fsp3) is 0.556. The van der Waals surface area contributed by atoms with Crippen molar-refractivity contribution < 1.29 is 19.1 Å². The Kier molecular flexibility index (Phi) is 7.21. The first-order valence-electron chi connectivity index (χ1n) is 8.39. The highest BCUT2D eigenvalue weighted by Gasteiger charge is 2.22. The van der Waals surface area contributed by atoms with E-state index >= 15 is 0 Å². The highest BCUT2D eigenvalue weighted by Crippen LogP contribution is 2.26. The molecule has 0 radical (unpaired) electrons. The van der Waals surface area contributed by atoms with Gasteiger partial charge < -0.3 is 20.1 Å². The SMILES string of the molecule is COCC(=O)Nc1cccc(NC(=O)CO[C@@H]2CCCC[C@@H]2C)c1. The van der Waals surface area contributed by atoms with Gasteiger partial charge in [0.25, 0.3) is 0 Å². The van der Waals surface area contributed by atoms with Crippen molar-refractivity contribution in [1.82, 2.24) is 0 Å². The van der Waals surface area contributed by atoms with Crippen molar-refractivity contribution in [1.29, 1.82) is 0 Å². The zero-order chi connectivity index (χ0) is 17.4. The number of amides is 2. The molecule has 1 aromatic rings. The van der Waals surface area contributed by atoms with Crippen LogP contribution in [-0.2, 0) is 19.1 Å². The standard InChI is InChI=1S/C18H26N2O4/c1-13-6-3-4-9-16(13)24-12-18(22)20-15-8-5-7-14(10-15)19-17(21)11-23-2/h5,7-8,10,13,16H,3-4,6,9,11-12H2,1-2H3,(H,19,21)(H,20,22)/t13-,16+/m0/s1. The number of rotatable bonds is 7. The molecule has 0 aliphatic heterocycles. The summed E-state index contributed by atoms with van der Waals surface area (Å²) < 4.78 is 10.5. The summed E-state index contributed by atoms with van der Waals surface area (Å²) in [6.45, 7) is 2.22. The monoisotopic (exact) mass is 334 g/mol. The van der Waals surface area contributed by atoms with Crippen LogP contribution in [0.5, 0.6) is 0 Å². The number of hydrogen-bond acceptors (Lipinski definition) is 4. The minimum Gasteiger partial charge on any atom is -0.375 e. The van der Waals surface area contributed by atoms with Crippen LogP contribution in [0.2, 0.25) is 0 Å². The third-order valence-electron chi connectivity index (χ3n) is 4.17. The maximum atomic E-state index is 12.1. The van der Waals surface area contributed by atoms with Crippen LogP contribution >= 0.6 is 0 Å². The van der Waals surface area contributed by atoms with E-state index in [1.54, 1.807) is 24.3 Å². The van der Waals surface area contributed by atoms with Crippen molar-refractivity contribution in [2.45, 2.75) is 38.7 Å². The average Bonchev–Trinajstić information content (AvgIpc) is 2.54. The van der Waals surface area contributed by atoms with Crippen molar-refractivity contribution in [2.24, 2.45) is 5.92 Å². The third kappa shape index (κ3) is 5.94. The first-order valence-corrected chi connectivity index (χ1v) is 8.39. The number of methoxy groups -OCH3 is 1. The molecule has 132 valence electrons. The Morgan fingerprint density at radius 2 is 1.71 bits per heavy atom. The first-order chi connectivity index (χ1) is 11.6. The lowest BCUT2D eigenvalue weighted by molar-refractivity contribution is -0.124. The van der Waals surface area contributed by atoms with Gasteiger partial charge in [0.2, 0.25) is 11.8 Å². The number of carbonyl (C=O) groups excluding carboxylic acids is 2.